The smallest absolute Gasteiger partial charge is 0.0398 e. The molecule has 0 radical (unpaired) electrons. The second-order valence-electron chi connectivity index (χ2n) is 8.75. The fourth-order valence-electron chi connectivity index (χ4n) is 4.74. The van der Waals surface area contributed by atoms with E-state index in [-0.39, 0.29) is 0 Å². The molecule has 2 heteroatoms. The summed E-state index contributed by atoms with van der Waals surface area (Å²) in [4.78, 5) is 2.69. The zero-order chi connectivity index (χ0) is 17.4. The van der Waals surface area contributed by atoms with Gasteiger partial charge in [-0.2, -0.15) is 0 Å². The third kappa shape index (κ3) is 3.40. The van der Waals surface area contributed by atoms with Crippen LogP contribution in [-0.4, -0.2) is 25.7 Å². The molecular formula is C24H30N2. The Morgan fingerprint density at radius 1 is 0.962 bits per heavy atom. The third-order valence-electron chi connectivity index (χ3n) is 6.70. The van der Waals surface area contributed by atoms with Gasteiger partial charge in [0.1, 0.15) is 0 Å². The summed E-state index contributed by atoms with van der Waals surface area (Å²) in [5, 5.41) is 3.91. The summed E-state index contributed by atoms with van der Waals surface area (Å²) in [6.07, 6.45) is 8.00. The summed E-state index contributed by atoms with van der Waals surface area (Å²) < 4.78 is 0. The minimum absolute atomic E-state index is 0.515. The molecule has 1 aliphatic heterocycles. The molecule has 0 spiro atoms. The second kappa shape index (κ2) is 6.74. The van der Waals surface area contributed by atoms with Crippen molar-refractivity contribution in [1.29, 1.82) is 0 Å². The van der Waals surface area contributed by atoms with E-state index in [1.807, 2.05) is 0 Å². The summed E-state index contributed by atoms with van der Waals surface area (Å²) in [6.45, 7) is 3.66. The van der Waals surface area contributed by atoms with E-state index in [1.165, 1.54) is 69.4 Å². The van der Waals surface area contributed by atoms with Crippen LogP contribution in [0.1, 0.15) is 49.1 Å². The van der Waals surface area contributed by atoms with Crippen LogP contribution in [0.25, 0.3) is 0 Å². The molecule has 26 heavy (non-hydrogen) atoms. The van der Waals surface area contributed by atoms with Gasteiger partial charge in [0.25, 0.3) is 0 Å². The van der Waals surface area contributed by atoms with Crippen molar-refractivity contribution in [3.63, 3.8) is 0 Å². The van der Waals surface area contributed by atoms with Gasteiger partial charge in [0.05, 0.1) is 0 Å². The summed E-state index contributed by atoms with van der Waals surface area (Å²) in [5.41, 5.74) is 5.09. The molecule has 0 unspecified atom stereocenters. The van der Waals surface area contributed by atoms with Gasteiger partial charge >= 0.3 is 0 Å². The molecular weight excluding hydrogens is 316 g/mol. The van der Waals surface area contributed by atoms with Crippen molar-refractivity contribution in [2.45, 2.75) is 50.5 Å². The van der Waals surface area contributed by atoms with Gasteiger partial charge in [0.2, 0.25) is 0 Å². The molecule has 0 saturated heterocycles. The van der Waals surface area contributed by atoms with Gasteiger partial charge in [0, 0.05) is 42.7 Å². The molecule has 2 aliphatic carbocycles. The van der Waals surface area contributed by atoms with E-state index in [1.54, 1.807) is 5.56 Å². The molecule has 3 aliphatic rings. The monoisotopic (exact) mass is 346 g/mol. The Morgan fingerprint density at radius 2 is 1.77 bits per heavy atom. The molecule has 2 nitrogen and oxygen atoms in total. The fourth-order valence-corrected chi connectivity index (χ4v) is 4.74. The topological polar surface area (TPSA) is 15.3 Å². The molecule has 1 N–H and O–H groups in total. The van der Waals surface area contributed by atoms with Crippen LogP contribution in [0.3, 0.4) is 0 Å². The molecule has 2 aromatic rings. The van der Waals surface area contributed by atoms with Crippen molar-refractivity contribution >= 4 is 5.69 Å². The lowest BCUT2D eigenvalue weighted by Crippen LogP contribution is -2.37. The highest BCUT2D eigenvalue weighted by molar-refractivity contribution is 5.54. The van der Waals surface area contributed by atoms with Crippen molar-refractivity contribution < 1.29 is 0 Å². The van der Waals surface area contributed by atoms with Crippen molar-refractivity contribution in [1.82, 2.24) is 5.32 Å². The first-order chi connectivity index (χ1) is 12.8. The van der Waals surface area contributed by atoms with Crippen molar-refractivity contribution in [2.75, 3.05) is 24.5 Å². The molecule has 0 bridgehead atoms. The van der Waals surface area contributed by atoms with Crippen LogP contribution in [0.15, 0.2) is 54.6 Å². The molecule has 1 heterocycles. The highest BCUT2D eigenvalue weighted by atomic mass is 15.2. The number of para-hydroxylation sites is 1. The SMILES string of the molecule is c1ccc([C@H]2C[C@@H]2NCC2(CN3CCCCc4ccccc43)CC2)cc1. The van der Waals surface area contributed by atoms with Gasteiger partial charge in [-0.25, -0.2) is 0 Å². The molecule has 2 saturated carbocycles. The van der Waals surface area contributed by atoms with Crippen molar-refractivity contribution in [3.8, 4) is 0 Å². The zero-order valence-electron chi connectivity index (χ0n) is 15.7. The predicted molar refractivity (Wildman–Crippen MR) is 109 cm³/mol. The first-order valence-corrected chi connectivity index (χ1v) is 10.4. The van der Waals surface area contributed by atoms with Gasteiger partial charge in [-0.3, -0.25) is 0 Å². The third-order valence-corrected chi connectivity index (χ3v) is 6.70. The highest BCUT2D eigenvalue weighted by Crippen LogP contribution is 2.48. The number of hydrogen-bond donors (Lipinski definition) is 1. The quantitative estimate of drug-likeness (QED) is 0.811. The van der Waals surface area contributed by atoms with E-state index in [0.717, 1.165) is 5.92 Å². The number of fused-ring (bicyclic) bond motifs is 1. The standard InChI is InChI=1S/C24H30N2/c1-2-8-19(9-3-1)21-16-22(21)25-17-24(13-14-24)18-26-15-7-6-11-20-10-4-5-12-23(20)26/h1-5,8-10,12,21-22,25H,6-7,11,13-18H2/t21-,22+/m1/s1. The maximum absolute atomic E-state index is 3.91. The van der Waals surface area contributed by atoms with E-state index < -0.39 is 0 Å². The highest BCUT2D eigenvalue weighted by Gasteiger charge is 2.46. The van der Waals surface area contributed by atoms with Gasteiger partial charge in [-0.1, -0.05) is 48.5 Å². The molecule has 5 rings (SSSR count). The molecule has 2 aromatic carbocycles. The van der Waals surface area contributed by atoms with E-state index in [4.69, 9.17) is 0 Å². The van der Waals surface area contributed by atoms with E-state index in [2.05, 4.69) is 64.8 Å². The summed E-state index contributed by atoms with van der Waals surface area (Å²) in [5.74, 6) is 0.742. The summed E-state index contributed by atoms with van der Waals surface area (Å²) in [7, 11) is 0. The van der Waals surface area contributed by atoms with Crippen molar-refractivity contribution in [2.24, 2.45) is 5.41 Å². The number of nitrogens with zero attached hydrogens (tertiary/aromatic N) is 1. The normalized spacial score (nSPS) is 26.1. The average molecular weight is 347 g/mol. The summed E-state index contributed by atoms with van der Waals surface area (Å²) >= 11 is 0. The Bertz CT molecular complexity index is 750. The fraction of sp³-hybridized carbons (Fsp3) is 0.500. The van der Waals surface area contributed by atoms with Crippen LogP contribution in [0.4, 0.5) is 5.69 Å². The number of nitrogens with one attached hydrogen (secondary N) is 1. The van der Waals surface area contributed by atoms with Gasteiger partial charge in [0.15, 0.2) is 0 Å². The van der Waals surface area contributed by atoms with Crippen molar-refractivity contribution in [3.05, 3.63) is 65.7 Å². The Labute approximate surface area is 157 Å². The molecule has 0 amide bonds. The largest absolute Gasteiger partial charge is 0.371 e. The lowest BCUT2D eigenvalue weighted by molar-refractivity contribution is 0.446. The zero-order valence-corrected chi connectivity index (χ0v) is 15.7. The molecule has 0 aromatic heterocycles. The number of benzene rings is 2. The van der Waals surface area contributed by atoms with Gasteiger partial charge in [-0.15, -0.1) is 0 Å². The van der Waals surface area contributed by atoms with Crippen LogP contribution in [0.2, 0.25) is 0 Å². The average Bonchev–Trinajstić information content (AvgIpc) is 3.59. The number of anilines is 1. The summed E-state index contributed by atoms with van der Waals surface area (Å²) in [6, 6.07) is 20.8. The van der Waals surface area contributed by atoms with Gasteiger partial charge < -0.3 is 10.2 Å². The van der Waals surface area contributed by atoms with Gasteiger partial charge in [-0.05, 0) is 55.7 Å². The maximum atomic E-state index is 3.91. The first-order valence-electron chi connectivity index (χ1n) is 10.4. The number of rotatable bonds is 6. The first kappa shape index (κ1) is 16.4. The van der Waals surface area contributed by atoms with Crippen LogP contribution in [0.5, 0.6) is 0 Å². The lowest BCUT2D eigenvalue weighted by atomic mass is 10.0. The molecule has 2 atom stereocenters. The lowest BCUT2D eigenvalue weighted by Gasteiger charge is -2.30. The maximum Gasteiger partial charge on any atom is 0.0398 e. The second-order valence-corrected chi connectivity index (χ2v) is 8.75. The number of aryl methyl sites for hydroxylation is 1. The molecule has 2 fully saturated rings. The Kier molecular flexibility index (Phi) is 4.24. The minimum Gasteiger partial charge on any atom is -0.371 e. The van der Waals surface area contributed by atoms with E-state index in [9.17, 15) is 0 Å². The number of hydrogen-bond acceptors (Lipinski definition) is 2. The minimum atomic E-state index is 0.515. The van der Waals surface area contributed by atoms with E-state index >= 15 is 0 Å². The van der Waals surface area contributed by atoms with Crippen LogP contribution in [-0.2, 0) is 6.42 Å². The van der Waals surface area contributed by atoms with Crippen LogP contribution < -0.4 is 10.2 Å². The van der Waals surface area contributed by atoms with Crippen LogP contribution >= 0.6 is 0 Å². The van der Waals surface area contributed by atoms with E-state index in [0.29, 0.717) is 11.5 Å². The Balaban J connectivity index is 1.20. The molecule has 136 valence electrons. The Hall–Kier alpha value is -1.80. The van der Waals surface area contributed by atoms with Crippen LogP contribution in [0, 0.1) is 5.41 Å². The predicted octanol–water partition coefficient (Wildman–Crippen LogP) is 4.76. The Morgan fingerprint density at radius 3 is 2.62 bits per heavy atom.